The van der Waals surface area contributed by atoms with Crippen LogP contribution in [-0.2, 0) is 6.54 Å². The monoisotopic (exact) mass is 451 g/mol. The molecule has 174 valence electrons. The van der Waals surface area contributed by atoms with Gasteiger partial charge in [-0.2, -0.15) is 0 Å². The summed E-state index contributed by atoms with van der Waals surface area (Å²) in [5, 5.41) is 14.3. The molecule has 3 aromatic rings. The number of nitrogens with zero attached hydrogens (tertiary/aromatic N) is 4. The summed E-state index contributed by atoms with van der Waals surface area (Å²) in [5.41, 5.74) is 0.892. The second kappa shape index (κ2) is 10.7. The number of non-ortho nitro benzene ring substituents is 1. The van der Waals surface area contributed by atoms with Crippen LogP contribution < -0.4 is 10.9 Å². The van der Waals surface area contributed by atoms with Crippen LogP contribution in [0.5, 0.6) is 0 Å². The maximum atomic E-state index is 13.2. The first-order valence-electron chi connectivity index (χ1n) is 11.2. The van der Waals surface area contributed by atoms with Gasteiger partial charge in [0.25, 0.3) is 11.2 Å². The molecular formula is C24H29N5O4. The number of amides is 2. The molecule has 1 N–H and O–H groups in total. The van der Waals surface area contributed by atoms with Crippen LogP contribution in [0.3, 0.4) is 0 Å². The van der Waals surface area contributed by atoms with Crippen LogP contribution in [0.2, 0.25) is 0 Å². The van der Waals surface area contributed by atoms with E-state index in [0.717, 1.165) is 19.3 Å². The largest absolute Gasteiger partial charge is 0.322 e. The van der Waals surface area contributed by atoms with E-state index in [1.54, 1.807) is 21.6 Å². The Labute approximate surface area is 192 Å². The fourth-order valence-electron chi connectivity index (χ4n) is 3.74. The third-order valence-corrected chi connectivity index (χ3v) is 5.52. The number of nitro groups is 1. The van der Waals surface area contributed by atoms with Gasteiger partial charge in [0.15, 0.2) is 0 Å². The molecule has 0 aliphatic rings. The third-order valence-electron chi connectivity index (χ3n) is 5.52. The second-order valence-electron chi connectivity index (χ2n) is 7.90. The van der Waals surface area contributed by atoms with Gasteiger partial charge in [0.1, 0.15) is 5.82 Å². The van der Waals surface area contributed by atoms with E-state index in [1.165, 1.54) is 24.3 Å². The summed E-state index contributed by atoms with van der Waals surface area (Å²) in [6.45, 7) is 6.88. The number of aromatic nitrogens is 2. The highest BCUT2D eigenvalue weighted by Gasteiger charge is 2.26. The maximum absolute atomic E-state index is 13.2. The summed E-state index contributed by atoms with van der Waals surface area (Å²) in [4.78, 5) is 43.2. The summed E-state index contributed by atoms with van der Waals surface area (Å²) in [6.07, 6.45) is 2.42. The van der Waals surface area contributed by atoms with Gasteiger partial charge in [-0.1, -0.05) is 32.4 Å². The van der Waals surface area contributed by atoms with Crippen molar-refractivity contribution >= 4 is 28.3 Å². The predicted molar refractivity (Wildman–Crippen MR) is 128 cm³/mol. The number of fused-ring (bicyclic) bond motifs is 1. The molecule has 2 aromatic carbocycles. The molecule has 1 heterocycles. The molecule has 1 atom stereocenters. The number of nitrogens with one attached hydrogen (secondary N) is 1. The number of carbonyl (C=O) groups is 1. The average molecular weight is 452 g/mol. The van der Waals surface area contributed by atoms with Crippen LogP contribution in [0.15, 0.2) is 53.3 Å². The standard InChI is InChI=1S/C24H29N5O4/c1-4-6-16-27(24(31)25-18-11-13-19(14-12-18)29(32)33)17(3)22-26-21-10-8-7-9-20(21)23(30)28(22)15-5-2/h7-14,17H,4-6,15-16H2,1-3H3,(H,25,31). The van der Waals surface area contributed by atoms with Crippen LogP contribution in [0.25, 0.3) is 10.9 Å². The van der Waals surface area contributed by atoms with Crippen molar-refractivity contribution in [2.45, 2.75) is 52.6 Å². The minimum absolute atomic E-state index is 0.0480. The van der Waals surface area contributed by atoms with Crippen molar-refractivity contribution in [2.24, 2.45) is 0 Å². The Bertz CT molecular complexity index is 1190. The Morgan fingerprint density at radius 1 is 1.15 bits per heavy atom. The Hall–Kier alpha value is -3.75. The van der Waals surface area contributed by atoms with Gasteiger partial charge >= 0.3 is 6.03 Å². The number of hydrogen-bond donors (Lipinski definition) is 1. The summed E-state index contributed by atoms with van der Waals surface area (Å²) < 4.78 is 1.66. The van der Waals surface area contributed by atoms with Gasteiger partial charge < -0.3 is 10.2 Å². The van der Waals surface area contributed by atoms with Gasteiger partial charge in [-0.05, 0) is 44.0 Å². The molecule has 3 rings (SSSR count). The van der Waals surface area contributed by atoms with Crippen LogP contribution in [0, 0.1) is 10.1 Å². The van der Waals surface area contributed by atoms with Crippen molar-refractivity contribution in [3.05, 3.63) is 74.8 Å². The molecule has 0 aliphatic carbocycles. The minimum atomic E-state index is -0.486. The quantitative estimate of drug-likeness (QED) is 0.359. The number of unbranched alkanes of at least 4 members (excludes halogenated alkanes) is 1. The molecule has 9 heteroatoms. The van der Waals surface area contributed by atoms with Crippen molar-refractivity contribution in [2.75, 3.05) is 11.9 Å². The van der Waals surface area contributed by atoms with Crippen molar-refractivity contribution < 1.29 is 9.72 Å². The Balaban J connectivity index is 1.97. The highest BCUT2D eigenvalue weighted by atomic mass is 16.6. The first kappa shape index (κ1) is 23.9. The van der Waals surface area contributed by atoms with Gasteiger partial charge in [-0.15, -0.1) is 0 Å². The van der Waals surface area contributed by atoms with Crippen LogP contribution in [0.4, 0.5) is 16.2 Å². The first-order valence-corrected chi connectivity index (χ1v) is 11.2. The zero-order chi connectivity index (χ0) is 24.0. The number of benzene rings is 2. The van der Waals surface area contributed by atoms with E-state index in [0.29, 0.717) is 35.5 Å². The lowest BCUT2D eigenvalue weighted by Crippen LogP contribution is -2.40. The van der Waals surface area contributed by atoms with Gasteiger partial charge in [0.2, 0.25) is 0 Å². The minimum Gasteiger partial charge on any atom is -0.315 e. The lowest BCUT2D eigenvalue weighted by molar-refractivity contribution is -0.384. The van der Waals surface area contributed by atoms with Crippen LogP contribution in [-0.4, -0.2) is 32.0 Å². The number of urea groups is 1. The second-order valence-corrected chi connectivity index (χ2v) is 7.90. The molecule has 33 heavy (non-hydrogen) atoms. The Kier molecular flexibility index (Phi) is 7.76. The lowest BCUT2D eigenvalue weighted by Gasteiger charge is -2.30. The molecule has 2 amide bonds. The summed E-state index contributed by atoms with van der Waals surface area (Å²) in [6, 6.07) is 12.1. The first-order chi connectivity index (χ1) is 15.9. The molecule has 0 saturated carbocycles. The third kappa shape index (κ3) is 5.36. The van der Waals surface area contributed by atoms with E-state index < -0.39 is 11.0 Å². The molecule has 1 unspecified atom stereocenters. The summed E-state index contributed by atoms with van der Waals surface area (Å²) in [7, 11) is 0. The van der Waals surface area contributed by atoms with Gasteiger partial charge in [-0.25, -0.2) is 9.78 Å². The van der Waals surface area contributed by atoms with Gasteiger partial charge in [0.05, 0.1) is 21.9 Å². The fourth-order valence-corrected chi connectivity index (χ4v) is 3.74. The number of nitro benzene ring substituents is 1. The molecule has 0 bridgehead atoms. The Morgan fingerprint density at radius 2 is 1.85 bits per heavy atom. The molecule has 0 saturated heterocycles. The maximum Gasteiger partial charge on any atom is 0.322 e. The molecule has 0 radical (unpaired) electrons. The summed E-state index contributed by atoms with van der Waals surface area (Å²) in [5.74, 6) is 0.538. The highest BCUT2D eigenvalue weighted by Crippen LogP contribution is 2.23. The number of carbonyl (C=O) groups excluding carboxylic acids is 1. The number of hydrogen-bond acceptors (Lipinski definition) is 5. The molecule has 0 fully saturated rings. The molecule has 9 nitrogen and oxygen atoms in total. The normalized spacial score (nSPS) is 11.8. The molecular weight excluding hydrogens is 422 g/mol. The van der Waals surface area contributed by atoms with E-state index in [1.807, 2.05) is 32.9 Å². The highest BCUT2D eigenvalue weighted by molar-refractivity contribution is 5.89. The average Bonchev–Trinajstić information content (AvgIpc) is 2.81. The van der Waals surface area contributed by atoms with E-state index >= 15 is 0 Å². The van der Waals surface area contributed by atoms with Gasteiger partial charge in [-0.3, -0.25) is 19.5 Å². The SMILES string of the molecule is CCCCN(C(=O)Nc1ccc([N+](=O)[O-])cc1)C(C)c1nc2ccccc2c(=O)n1CCC. The zero-order valence-corrected chi connectivity index (χ0v) is 19.2. The molecule has 0 spiro atoms. The molecule has 1 aromatic heterocycles. The van der Waals surface area contributed by atoms with Crippen molar-refractivity contribution in [1.82, 2.24) is 14.5 Å². The van der Waals surface area contributed by atoms with Crippen molar-refractivity contribution in [3.8, 4) is 0 Å². The summed E-state index contributed by atoms with van der Waals surface area (Å²) >= 11 is 0. The smallest absolute Gasteiger partial charge is 0.315 e. The number of para-hydroxylation sites is 1. The number of anilines is 1. The Morgan fingerprint density at radius 3 is 2.48 bits per heavy atom. The predicted octanol–water partition coefficient (Wildman–Crippen LogP) is 5.11. The van der Waals surface area contributed by atoms with Gasteiger partial charge in [0, 0.05) is 30.9 Å². The van der Waals surface area contributed by atoms with E-state index in [4.69, 9.17) is 4.98 Å². The van der Waals surface area contributed by atoms with E-state index in [9.17, 15) is 19.7 Å². The fraction of sp³-hybridized carbons (Fsp3) is 0.375. The number of rotatable bonds is 9. The van der Waals surface area contributed by atoms with Crippen LogP contribution in [0.1, 0.15) is 51.9 Å². The molecule has 0 aliphatic heterocycles. The zero-order valence-electron chi connectivity index (χ0n) is 19.2. The van der Waals surface area contributed by atoms with Crippen LogP contribution >= 0.6 is 0 Å². The van der Waals surface area contributed by atoms with E-state index in [-0.39, 0.29) is 17.3 Å². The lowest BCUT2D eigenvalue weighted by atomic mass is 10.2. The van der Waals surface area contributed by atoms with Crippen molar-refractivity contribution in [3.63, 3.8) is 0 Å². The van der Waals surface area contributed by atoms with E-state index in [2.05, 4.69) is 5.32 Å². The topological polar surface area (TPSA) is 110 Å². The van der Waals surface area contributed by atoms with Crippen molar-refractivity contribution in [1.29, 1.82) is 0 Å².